The lowest BCUT2D eigenvalue weighted by atomic mass is 9.84. The zero-order valence-electron chi connectivity index (χ0n) is 11.9. The van der Waals surface area contributed by atoms with Crippen LogP contribution in [0.5, 0.6) is 0 Å². The Bertz CT molecular complexity index is 515. The van der Waals surface area contributed by atoms with Gasteiger partial charge in [-0.3, -0.25) is 0 Å². The van der Waals surface area contributed by atoms with E-state index in [1.807, 2.05) is 6.92 Å². The molecule has 1 aromatic heterocycles. The molecule has 0 aliphatic carbocycles. The number of fused-ring (bicyclic) bond motifs is 1. The van der Waals surface area contributed by atoms with Crippen LogP contribution in [0.25, 0.3) is 5.57 Å². The van der Waals surface area contributed by atoms with Crippen LogP contribution in [-0.2, 0) is 16.8 Å². The summed E-state index contributed by atoms with van der Waals surface area (Å²) in [5.41, 5.74) is 5.50. The van der Waals surface area contributed by atoms with E-state index >= 15 is 0 Å². The van der Waals surface area contributed by atoms with Crippen LogP contribution in [0.4, 0.5) is 0 Å². The zero-order chi connectivity index (χ0) is 13.5. The molecule has 3 heteroatoms. The lowest BCUT2D eigenvalue weighted by molar-refractivity contribution is 0.121. The van der Waals surface area contributed by atoms with E-state index in [-0.39, 0.29) is 5.41 Å². The van der Waals surface area contributed by atoms with Crippen molar-refractivity contribution >= 4 is 5.57 Å². The van der Waals surface area contributed by atoms with Gasteiger partial charge < -0.3 is 9.26 Å². The highest BCUT2D eigenvalue weighted by atomic mass is 16.5. The van der Waals surface area contributed by atoms with Crippen molar-refractivity contribution in [2.75, 3.05) is 6.61 Å². The van der Waals surface area contributed by atoms with Gasteiger partial charge in [-0.15, -0.1) is 0 Å². The van der Waals surface area contributed by atoms with Gasteiger partial charge in [-0.25, -0.2) is 0 Å². The maximum Gasteiger partial charge on any atom is 0.170 e. The second-order valence-corrected chi connectivity index (χ2v) is 5.96. The third kappa shape index (κ3) is 2.15. The second kappa shape index (κ2) is 4.39. The summed E-state index contributed by atoms with van der Waals surface area (Å²) in [4.78, 5) is 0. The van der Waals surface area contributed by atoms with Crippen molar-refractivity contribution in [1.82, 2.24) is 5.16 Å². The molecule has 1 aliphatic rings. The second-order valence-electron chi connectivity index (χ2n) is 5.96. The molecule has 0 fully saturated rings. The van der Waals surface area contributed by atoms with Crippen LogP contribution < -0.4 is 0 Å². The Balaban J connectivity index is 2.65. The van der Waals surface area contributed by atoms with E-state index in [1.165, 1.54) is 5.57 Å². The number of hydrogen-bond acceptors (Lipinski definition) is 3. The fourth-order valence-corrected chi connectivity index (χ4v) is 2.12. The van der Waals surface area contributed by atoms with Gasteiger partial charge in [-0.2, -0.15) is 0 Å². The van der Waals surface area contributed by atoms with E-state index in [1.54, 1.807) is 0 Å². The highest BCUT2D eigenvalue weighted by Crippen LogP contribution is 2.37. The molecule has 0 atom stereocenters. The Morgan fingerprint density at radius 3 is 2.44 bits per heavy atom. The maximum atomic E-state index is 5.57. The summed E-state index contributed by atoms with van der Waals surface area (Å²) >= 11 is 0. The van der Waals surface area contributed by atoms with Crippen LogP contribution in [0.1, 0.15) is 51.6 Å². The van der Waals surface area contributed by atoms with Crippen LogP contribution in [0.3, 0.4) is 0 Å². The quantitative estimate of drug-likeness (QED) is 0.756. The normalized spacial score (nSPS) is 18.5. The predicted octanol–water partition coefficient (Wildman–Crippen LogP) is 3.85. The maximum absolute atomic E-state index is 5.57. The van der Waals surface area contributed by atoms with Crippen LogP contribution in [0.15, 0.2) is 22.2 Å². The van der Waals surface area contributed by atoms with E-state index in [0.717, 1.165) is 28.2 Å². The highest BCUT2D eigenvalue weighted by Gasteiger charge is 2.31. The standard InChI is InChI=1S/C15H21NO2/c1-9(2)10(3)11-7-17-8-12-13(11)14(16-18-12)15(4,5)6/h1,7-8H2,2-6H3/b11-10+. The van der Waals surface area contributed by atoms with E-state index in [9.17, 15) is 0 Å². The van der Waals surface area contributed by atoms with Crippen molar-refractivity contribution in [2.24, 2.45) is 0 Å². The van der Waals surface area contributed by atoms with Crippen molar-refractivity contribution in [1.29, 1.82) is 0 Å². The summed E-state index contributed by atoms with van der Waals surface area (Å²) in [6.45, 7) is 15.7. The molecule has 0 saturated heterocycles. The van der Waals surface area contributed by atoms with Gasteiger partial charge >= 0.3 is 0 Å². The number of nitrogens with zero attached hydrogens (tertiary/aromatic N) is 1. The molecule has 2 heterocycles. The van der Waals surface area contributed by atoms with Crippen LogP contribution in [0, 0.1) is 0 Å². The Hall–Kier alpha value is -1.35. The molecular weight excluding hydrogens is 226 g/mol. The van der Waals surface area contributed by atoms with E-state index in [4.69, 9.17) is 9.26 Å². The Kier molecular flexibility index (Phi) is 3.20. The first-order valence-corrected chi connectivity index (χ1v) is 6.25. The largest absolute Gasteiger partial charge is 0.369 e. The summed E-state index contributed by atoms with van der Waals surface area (Å²) in [5.74, 6) is 0.835. The average molecular weight is 247 g/mol. The lowest BCUT2D eigenvalue weighted by Gasteiger charge is -2.22. The van der Waals surface area contributed by atoms with E-state index in [0.29, 0.717) is 13.2 Å². The SMILES string of the molecule is C=C(C)/C(C)=C1\COCc2onc(C(C)(C)C)c21. The number of ether oxygens (including phenoxy) is 1. The molecule has 3 nitrogen and oxygen atoms in total. The average Bonchev–Trinajstić information content (AvgIpc) is 2.70. The summed E-state index contributed by atoms with van der Waals surface area (Å²) < 4.78 is 11.0. The number of hydrogen-bond donors (Lipinski definition) is 0. The van der Waals surface area contributed by atoms with Gasteiger partial charge in [0.05, 0.1) is 12.3 Å². The van der Waals surface area contributed by atoms with Crippen molar-refractivity contribution in [2.45, 2.75) is 46.6 Å². The third-order valence-electron chi connectivity index (χ3n) is 3.35. The van der Waals surface area contributed by atoms with Crippen LogP contribution in [-0.4, -0.2) is 11.8 Å². The molecule has 0 unspecified atom stereocenters. The minimum atomic E-state index is -0.0327. The number of aromatic nitrogens is 1. The first kappa shape index (κ1) is 13.1. The van der Waals surface area contributed by atoms with Gasteiger partial charge in [-0.1, -0.05) is 38.1 Å². The monoisotopic (exact) mass is 247 g/mol. The topological polar surface area (TPSA) is 35.3 Å². The van der Waals surface area contributed by atoms with Crippen LogP contribution >= 0.6 is 0 Å². The van der Waals surface area contributed by atoms with Gasteiger partial charge in [0, 0.05) is 11.0 Å². The first-order chi connectivity index (χ1) is 8.32. The van der Waals surface area contributed by atoms with Gasteiger partial charge in [-0.05, 0) is 25.0 Å². The molecule has 2 rings (SSSR count). The lowest BCUT2D eigenvalue weighted by Crippen LogP contribution is -2.18. The molecule has 0 radical (unpaired) electrons. The first-order valence-electron chi connectivity index (χ1n) is 6.25. The molecule has 98 valence electrons. The number of rotatable bonds is 1. The minimum Gasteiger partial charge on any atom is -0.369 e. The van der Waals surface area contributed by atoms with Gasteiger partial charge in [0.2, 0.25) is 0 Å². The molecule has 0 amide bonds. The van der Waals surface area contributed by atoms with Crippen LogP contribution in [0.2, 0.25) is 0 Å². The third-order valence-corrected chi connectivity index (χ3v) is 3.35. The Labute approximate surface area is 109 Å². The van der Waals surface area contributed by atoms with Crippen molar-refractivity contribution in [3.63, 3.8) is 0 Å². The highest BCUT2D eigenvalue weighted by molar-refractivity contribution is 5.76. The molecule has 0 aromatic carbocycles. The predicted molar refractivity (Wildman–Crippen MR) is 72.3 cm³/mol. The fraction of sp³-hybridized carbons (Fsp3) is 0.533. The zero-order valence-corrected chi connectivity index (χ0v) is 11.9. The summed E-state index contributed by atoms with van der Waals surface area (Å²) in [6, 6.07) is 0. The van der Waals surface area contributed by atoms with Gasteiger partial charge in [0.1, 0.15) is 6.61 Å². The molecule has 1 aliphatic heterocycles. The summed E-state index contributed by atoms with van der Waals surface area (Å²) in [5, 5.41) is 4.24. The van der Waals surface area contributed by atoms with Gasteiger partial charge in [0.25, 0.3) is 0 Å². The van der Waals surface area contributed by atoms with Crippen molar-refractivity contribution in [3.8, 4) is 0 Å². The number of allylic oxidation sites excluding steroid dienone is 2. The molecule has 0 spiro atoms. The van der Waals surface area contributed by atoms with E-state index in [2.05, 4.69) is 39.4 Å². The summed E-state index contributed by atoms with van der Waals surface area (Å²) in [7, 11) is 0. The Morgan fingerprint density at radius 1 is 1.22 bits per heavy atom. The molecular formula is C15H21NO2. The molecule has 0 bridgehead atoms. The Morgan fingerprint density at radius 2 is 1.89 bits per heavy atom. The summed E-state index contributed by atoms with van der Waals surface area (Å²) in [6.07, 6.45) is 0. The van der Waals surface area contributed by atoms with Gasteiger partial charge in [0.15, 0.2) is 5.76 Å². The van der Waals surface area contributed by atoms with Crippen molar-refractivity contribution in [3.05, 3.63) is 34.7 Å². The molecule has 1 aromatic rings. The smallest absolute Gasteiger partial charge is 0.170 e. The minimum absolute atomic E-state index is 0.0327. The molecule has 0 N–H and O–H groups in total. The molecule has 18 heavy (non-hydrogen) atoms. The van der Waals surface area contributed by atoms with E-state index < -0.39 is 0 Å². The molecule has 0 saturated carbocycles. The van der Waals surface area contributed by atoms with Crippen molar-refractivity contribution < 1.29 is 9.26 Å². The fourth-order valence-electron chi connectivity index (χ4n) is 2.12.